The zero-order valence-corrected chi connectivity index (χ0v) is 28.6. The second-order valence-corrected chi connectivity index (χ2v) is 14.5. The van der Waals surface area contributed by atoms with Crippen molar-refractivity contribution in [3.8, 4) is 0 Å². The third-order valence-corrected chi connectivity index (χ3v) is 11.0. The van der Waals surface area contributed by atoms with Gasteiger partial charge in [-0.25, -0.2) is 4.39 Å². The second-order valence-electron chi connectivity index (χ2n) is 13.7. The van der Waals surface area contributed by atoms with Crippen molar-refractivity contribution in [2.24, 2.45) is 5.41 Å². The monoisotopic (exact) mass is 596 g/mol. The summed E-state index contributed by atoms with van der Waals surface area (Å²) >= 11 is 1.65. The van der Waals surface area contributed by atoms with Crippen LogP contribution in [0, 0.1) is 5.41 Å². The lowest BCUT2D eigenvalue weighted by Gasteiger charge is -2.36. The quantitative estimate of drug-likeness (QED) is 0.0895. The van der Waals surface area contributed by atoms with Crippen LogP contribution in [0.5, 0.6) is 0 Å². The largest absolute Gasteiger partial charge is 0.206 e. The van der Waals surface area contributed by atoms with Crippen LogP contribution >= 0.6 is 11.8 Å². The Hall–Kier alpha value is -1.02. The highest BCUT2D eigenvalue weighted by atomic mass is 32.2. The van der Waals surface area contributed by atoms with E-state index in [1.165, 1.54) is 183 Å². The van der Waals surface area contributed by atoms with E-state index in [0.29, 0.717) is 0 Å². The fourth-order valence-corrected chi connectivity index (χ4v) is 8.50. The summed E-state index contributed by atoms with van der Waals surface area (Å²) in [4.78, 5) is 1.38. The molecule has 0 bridgehead atoms. The molecule has 3 aliphatic rings. The molecule has 0 fully saturated rings. The molecule has 42 heavy (non-hydrogen) atoms. The van der Waals surface area contributed by atoms with Crippen LogP contribution in [0.25, 0.3) is 0 Å². The van der Waals surface area contributed by atoms with Gasteiger partial charge in [-0.05, 0) is 42.1 Å². The van der Waals surface area contributed by atoms with Gasteiger partial charge in [0.05, 0.1) is 0 Å². The maximum absolute atomic E-state index is 14.1. The zero-order valence-electron chi connectivity index (χ0n) is 27.8. The molecule has 0 saturated heterocycles. The van der Waals surface area contributed by atoms with Crippen LogP contribution in [0.1, 0.15) is 187 Å². The van der Waals surface area contributed by atoms with Crippen molar-refractivity contribution in [2.75, 3.05) is 0 Å². The lowest BCUT2D eigenvalue weighted by atomic mass is 9.68. The molecule has 1 heterocycles. The number of rotatable bonds is 26. The highest BCUT2D eigenvalue weighted by Gasteiger charge is 2.41. The van der Waals surface area contributed by atoms with Gasteiger partial charge in [-0.15, -0.1) is 0 Å². The number of hydrogen-bond acceptors (Lipinski definition) is 1. The first-order chi connectivity index (χ1) is 20.7. The fraction of sp³-hybridized carbons (Fsp3) is 0.750. The molecule has 0 aromatic rings. The normalized spacial score (nSPS) is 17.3. The highest BCUT2D eigenvalue weighted by Crippen LogP contribution is 2.57. The molecule has 0 radical (unpaired) electrons. The van der Waals surface area contributed by atoms with Gasteiger partial charge in [0.1, 0.15) is 5.83 Å². The lowest BCUT2D eigenvalue weighted by Crippen LogP contribution is -2.24. The first kappa shape index (κ1) is 35.5. The lowest BCUT2D eigenvalue weighted by molar-refractivity contribution is 0.352. The first-order valence-electron chi connectivity index (χ1n) is 18.6. The van der Waals surface area contributed by atoms with Crippen molar-refractivity contribution in [2.45, 2.75) is 187 Å². The Balaban J connectivity index is 1.42. The zero-order chi connectivity index (χ0) is 29.7. The molecule has 0 aromatic carbocycles. The highest BCUT2D eigenvalue weighted by molar-refractivity contribution is 8.06. The van der Waals surface area contributed by atoms with Crippen LogP contribution in [0.4, 0.5) is 4.39 Å². The molecule has 0 nitrogen and oxygen atoms in total. The molecule has 0 atom stereocenters. The van der Waals surface area contributed by atoms with Crippen LogP contribution in [-0.2, 0) is 0 Å². The minimum Gasteiger partial charge on any atom is -0.206 e. The fourth-order valence-electron chi connectivity index (χ4n) is 7.47. The number of unbranched alkanes of at least 4 members (excludes halogenated alkanes) is 22. The van der Waals surface area contributed by atoms with Crippen molar-refractivity contribution < 1.29 is 4.39 Å². The van der Waals surface area contributed by atoms with Crippen molar-refractivity contribution in [3.05, 3.63) is 57.2 Å². The summed E-state index contributed by atoms with van der Waals surface area (Å²) < 4.78 is 14.1. The number of allylic oxidation sites excluding steroid dienone is 8. The molecule has 0 unspecified atom stereocenters. The maximum atomic E-state index is 14.1. The Kier molecular flexibility index (Phi) is 18.3. The van der Waals surface area contributed by atoms with Gasteiger partial charge in [-0.2, -0.15) is 0 Å². The van der Waals surface area contributed by atoms with Gasteiger partial charge in [0.15, 0.2) is 0 Å². The molecule has 238 valence electrons. The first-order valence-corrected chi connectivity index (χ1v) is 19.4. The van der Waals surface area contributed by atoms with Gasteiger partial charge in [0.25, 0.3) is 0 Å². The van der Waals surface area contributed by atoms with Crippen LogP contribution < -0.4 is 0 Å². The van der Waals surface area contributed by atoms with E-state index < -0.39 is 0 Å². The molecule has 0 aromatic heterocycles. The van der Waals surface area contributed by atoms with Gasteiger partial charge >= 0.3 is 0 Å². The maximum Gasteiger partial charge on any atom is 0.130 e. The Bertz CT molecular complexity index is 873. The van der Waals surface area contributed by atoms with E-state index in [1.54, 1.807) is 28.8 Å². The van der Waals surface area contributed by atoms with Gasteiger partial charge in [-0.3, -0.25) is 0 Å². The predicted octanol–water partition coefficient (Wildman–Crippen LogP) is 14.8. The smallest absolute Gasteiger partial charge is 0.130 e. The van der Waals surface area contributed by atoms with Gasteiger partial charge in [-0.1, -0.05) is 198 Å². The van der Waals surface area contributed by atoms with Crippen molar-refractivity contribution in [1.82, 2.24) is 0 Å². The van der Waals surface area contributed by atoms with Crippen molar-refractivity contribution in [3.63, 3.8) is 0 Å². The summed E-state index contributed by atoms with van der Waals surface area (Å²) in [6.45, 7) is 4.60. The average Bonchev–Trinajstić information content (AvgIpc) is 3.37. The van der Waals surface area contributed by atoms with E-state index in [1.807, 2.05) is 0 Å². The third kappa shape index (κ3) is 12.5. The molecule has 0 amide bonds. The van der Waals surface area contributed by atoms with Crippen LogP contribution in [-0.4, -0.2) is 0 Å². The predicted molar refractivity (Wildman–Crippen MR) is 188 cm³/mol. The minimum atomic E-state index is -0.0703. The van der Waals surface area contributed by atoms with Crippen molar-refractivity contribution in [1.29, 1.82) is 0 Å². The molecule has 1 aliphatic heterocycles. The van der Waals surface area contributed by atoms with Crippen LogP contribution in [0.3, 0.4) is 0 Å². The number of hydrogen-bond donors (Lipinski definition) is 0. The molecule has 0 saturated carbocycles. The molecule has 0 N–H and O–H groups in total. The summed E-state index contributed by atoms with van der Waals surface area (Å²) in [5.74, 6) is -0.0703. The minimum absolute atomic E-state index is 0.0703. The number of thioether (sulfide) groups is 1. The summed E-state index contributed by atoms with van der Waals surface area (Å²) in [5, 5.41) is 1.73. The summed E-state index contributed by atoms with van der Waals surface area (Å²) in [6.07, 6.45) is 46.1. The SMILES string of the molecule is CCCCCCCCCCCCCCC1(CCCCCCCCCCCCCC)C=CC=C2CC3=CC(F)=CSC3=C21. The molecule has 0 spiro atoms. The van der Waals surface area contributed by atoms with E-state index >= 15 is 0 Å². The summed E-state index contributed by atoms with van der Waals surface area (Å²) in [6, 6.07) is 0. The Morgan fingerprint density at radius 1 is 0.595 bits per heavy atom. The molecular weight excluding hydrogens is 532 g/mol. The average molecular weight is 597 g/mol. The van der Waals surface area contributed by atoms with E-state index in [4.69, 9.17) is 0 Å². The summed E-state index contributed by atoms with van der Waals surface area (Å²) in [7, 11) is 0. The van der Waals surface area contributed by atoms with Crippen molar-refractivity contribution >= 4 is 11.8 Å². The van der Waals surface area contributed by atoms with E-state index in [0.717, 1.165) is 6.42 Å². The topological polar surface area (TPSA) is 0 Å². The standard InChI is InChI=1S/C40H65FS/c1-3-5-7-9-11-13-15-17-19-21-23-25-29-40(30-26-24-22-20-18-16-14-12-10-8-6-4-2)31-27-28-35-32-36-33-37(41)34-42-39(36)38(35)40/h27-28,31,33-34H,3-26,29-30,32H2,1-2H3. The van der Waals surface area contributed by atoms with E-state index in [9.17, 15) is 4.39 Å². The molecule has 2 aliphatic carbocycles. The second kappa shape index (κ2) is 21.6. The van der Waals surface area contributed by atoms with E-state index in [-0.39, 0.29) is 11.2 Å². The summed E-state index contributed by atoms with van der Waals surface area (Å²) in [5.41, 5.74) is 4.41. The van der Waals surface area contributed by atoms with Crippen LogP contribution in [0.2, 0.25) is 0 Å². The Morgan fingerprint density at radius 2 is 1.02 bits per heavy atom. The van der Waals surface area contributed by atoms with Gasteiger partial charge in [0.2, 0.25) is 0 Å². The third-order valence-electron chi connectivity index (χ3n) is 9.99. The Morgan fingerprint density at radius 3 is 1.48 bits per heavy atom. The van der Waals surface area contributed by atoms with Gasteiger partial charge in [0, 0.05) is 15.7 Å². The molecule has 2 heteroatoms. The number of halogens is 1. The molecular formula is C40H65FS. The van der Waals surface area contributed by atoms with Crippen LogP contribution in [0.15, 0.2) is 57.2 Å². The Labute approximate surface area is 265 Å². The number of fused-ring (bicyclic) bond motifs is 2. The molecule has 3 rings (SSSR count). The van der Waals surface area contributed by atoms with E-state index in [2.05, 4.69) is 32.1 Å². The van der Waals surface area contributed by atoms with Gasteiger partial charge < -0.3 is 0 Å².